The minimum Gasteiger partial charge on any atom is -0.550 e. The topological polar surface area (TPSA) is 161 Å². The van der Waals surface area contributed by atoms with Gasteiger partial charge in [-0.05, 0) is 25.7 Å². The van der Waals surface area contributed by atoms with E-state index in [1.165, 1.54) is 27.7 Å². The van der Waals surface area contributed by atoms with Gasteiger partial charge in [0.2, 0.25) is 0 Å². The van der Waals surface area contributed by atoms with Gasteiger partial charge in [0.25, 0.3) is 0 Å². The molecule has 0 aromatic heterocycles. The van der Waals surface area contributed by atoms with E-state index in [4.69, 9.17) is 0 Å². The van der Waals surface area contributed by atoms with Crippen molar-refractivity contribution < 1.29 is 59.7 Å². The van der Waals surface area contributed by atoms with Crippen LogP contribution < -0.4 is 20.4 Å². The molecule has 0 rings (SSSR count). The second kappa shape index (κ2) is 27.0. The molecule has 21 heavy (non-hydrogen) atoms. The van der Waals surface area contributed by atoms with E-state index in [9.17, 15) is 39.6 Å². The van der Waals surface area contributed by atoms with Gasteiger partial charge in [0.15, 0.2) is 0 Å². The van der Waals surface area contributed by atoms with Crippen molar-refractivity contribution >= 4 is 23.9 Å². The van der Waals surface area contributed by atoms with Crippen LogP contribution in [0, 0.1) is 0 Å². The third kappa shape index (κ3) is 119. The molecule has 0 heterocycles. The Balaban J connectivity index is -0.0000000533. The number of aliphatic carboxylic acids is 4. The van der Waals surface area contributed by atoms with E-state index in [-0.39, 0.29) is 45.8 Å². The number of rotatable bonds is 4. The number of carboxylic acid groups (broad SMARTS) is 4. The molecule has 0 unspecified atom stereocenters. The van der Waals surface area contributed by atoms with Crippen LogP contribution in [0.15, 0.2) is 0 Å². The Bertz CT molecular complexity index is 222. The summed E-state index contributed by atoms with van der Waals surface area (Å²) in [6.45, 7) is 6.15. The van der Waals surface area contributed by atoms with E-state index in [0.29, 0.717) is 0 Å². The summed E-state index contributed by atoms with van der Waals surface area (Å²) < 4.78 is 0. The monoisotopic (exact) mass is 485 g/mol. The van der Waals surface area contributed by atoms with Crippen molar-refractivity contribution in [2.24, 2.45) is 0 Å². The Hall–Kier alpha value is -1.47. The number of hydrogen-bond donors (Lipinski definition) is 0. The van der Waals surface area contributed by atoms with Crippen LogP contribution in [0.3, 0.4) is 0 Å². The first-order valence-corrected chi connectivity index (χ1v) is 5.88. The van der Waals surface area contributed by atoms with E-state index in [1.54, 1.807) is 0 Å². The summed E-state index contributed by atoms with van der Waals surface area (Å²) in [5.41, 5.74) is 0. The maximum absolute atomic E-state index is 9.26. The van der Waals surface area contributed by atoms with Crippen LogP contribution in [0.5, 0.6) is 0 Å². The van der Waals surface area contributed by atoms with Gasteiger partial charge in [0.05, 0.1) is 0 Å². The average Bonchev–Trinajstić information content (AvgIpc) is 2.40. The fourth-order valence-corrected chi connectivity index (χ4v) is 0. The molecule has 8 nitrogen and oxygen atoms in total. The zero-order valence-corrected chi connectivity index (χ0v) is 14.8. The number of carbonyl (C=O) groups is 4. The van der Waals surface area contributed by atoms with Gasteiger partial charge in [-0.15, -0.1) is 0 Å². The Morgan fingerprint density at radius 2 is 0.571 bits per heavy atom. The van der Waals surface area contributed by atoms with Crippen LogP contribution in [-0.4, -0.2) is 23.9 Å². The Labute approximate surface area is 137 Å². The molecule has 0 aliphatic heterocycles. The first kappa shape index (κ1) is 31.8. The van der Waals surface area contributed by atoms with E-state index < -0.39 is 23.9 Å². The average molecular weight is 485 g/mol. The zero-order valence-electron chi connectivity index (χ0n) is 12.4. The van der Waals surface area contributed by atoms with Crippen molar-refractivity contribution in [1.82, 2.24) is 0 Å². The molecule has 1 radical (unpaired) electrons. The standard InChI is InChI=1S/4C3H6O2.Ir/c4*1-2-3(4)5;/h4*2H2,1H3,(H,4,5);/p-4. The molecule has 0 bridgehead atoms. The van der Waals surface area contributed by atoms with E-state index in [1.807, 2.05) is 0 Å². The van der Waals surface area contributed by atoms with Crippen molar-refractivity contribution in [2.75, 3.05) is 0 Å². The Morgan fingerprint density at radius 3 is 0.571 bits per heavy atom. The van der Waals surface area contributed by atoms with Crippen LogP contribution in [0.1, 0.15) is 53.4 Å². The molecule has 0 saturated carbocycles. The van der Waals surface area contributed by atoms with Crippen LogP contribution in [-0.2, 0) is 39.3 Å². The predicted octanol–water partition coefficient (Wildman–Crippen LogP) is -3.42. The fraction of sp³-hybridized carbons (Fsp3) is 0.667. The van der Waals surface area contributed by atoms with Crippen LogP contribution >= 0.6 is 0 Å². The van der Waals surface area contributed by atoms with Crippen molar-refractivity contribution in [3.63, 3.8) is 0 Å². The molecule has 9 heteroatoms. The summed E-state index contributed by atoms with van der Waals surface area (Å²) >= 11 is 0. The van der Waals surface area contributed by atoms with Crippen LogP contribution in [0.2, 0.25) is 0 Å². The van der Waals surface area contributed by atoms with Gasteiger partial charge in [0, 0.05) is 44.0 Å². The van der Waals surface area contributed by atoms with Crippen molar-refractivity contribution in [2.45, 2.75) is 53.4 Å². The normalized spacial score (nSPS) is 7.05. The Kier molecular flexibility index (Phi) is 40.8. The van der Waals surface area contributed by atoms with Gasteiger partial charge in [-0.1, -0.05) is 27.7 Å². The first-order valence-electron chi connectivity index (χ1n) is 5.88. The largest absolute Gasteiger partial charge is 0.550 e. The SMILES string of the molecule is CCC(=O)[O-].CCC(=O)[O-].CCC(=O)[O-].CCC(=O)[O-].[Ir]. The van der Waals surface area contributed by atoms with Gasteiger partial charge >= 0.3 is 0 Å². The van der Waals surface area contributed by atoms with Crippen LogP contribution in [0.4, 0.5) is 0 Å². The third-order valence-corrected chi connectivity index (χ3v) is 1.15. The number of carbonyl (C=O) groups excluding carboxylic acids is 4. The van der Waals surface area contributed by atoms with Gasteiger partial charge in [-0.25, -0.2) is 0 Å². The molecule has 0 saturated heterocycles. The number of carboxylic acids is 4. The minimum absolute atomic E-state index is 0. The summed E-state index contributed by atoms with van der Waals surface area (Å²) in [4.78, 5) is 37.0. The van der Waals surface area contributed by atoms with Gasteiger partial charge in [0.1, 0.15) is 0 Å². The summed E-state index contributed by atoms with van der Waals surface area (Å²) in [7, 11) is 0. The molecular formula is C12H20IrO8-4. The summed E-state index contributed by atoms with van der Waals surface area (Å²) in [5, 5.41) is 37.0. The van der Waals surface area contributed by atoms with E-state index >= 15 is 0 Å². The molecule has 0 amide bonds. The summed E-state index contributed by atoms with van der Waals surface area (Å²) in [5.74, 6) is -3.98. The molecule has 0 fully saturated rings. The second-order valence-electron chi connectivity index (χ2n) is 2.90. The first-order chi connectivity index (χ1) is 9.08. The van der Waals surface area contributed by atoms with Crippen molar-refractivity contribution in [1.29, 1.82) is 0 Å². The molecule has 0 N–H and O–H groups in total. The van der Waals surface area contributed by atoms with E-state index in [0.717, 1.165) is 0 Å². The van der Waals surface area contributed by atoms with Gasteiger partial charge < -0.3 is 39.6 Å². The maximum atomic E-state index is 9.26. The van der Waals surface area contributed by atoms with Gasteiger partial charge in [-0.2, -0.15) is 0 Å². The van der Waals surface area contributed by atoms with Crippen LogP contribution in [0.25, 0.3) is 0 Å². The van der Waals surface area contributed by atoms with E-state index in [2.05, 4.69) is 0 Å². The molecule has 0 aromatic carbocycles. The molecular weight excluding hydrogens is 464 g/mol. The summed E-state index contributed by atoms with van der Waals surface area (Å²) in [6, 6.07) is 0. The van der Waals surface area contributed by atoms with Gasteiger partial charge in [-0.3, -0.25) is 0 Å². The minimum atomic E-state index is -0.995. The molecule has 0 atom stereocenters. The zero-order chi connectivity index (χ0) is 17.1. The fourth-order valence-electron chi connectivity index (χ4n) is 0. The maximum Gasteiger partial charge on any atom is 0.0411 e. The number of hydrogen-bond acceptors (Lipinski definition) is 8. The molecule has 0 spiro atoms. The molecule has 129 valence electrons. The van der Waals surface area contributed by atoms with Crippen molar-refractivity contribution in [3.8, 4) is 0 Å². The Morgan fingerprint density at radius 1 is 0.524 bits per heavy atom. The smallest absolute Gasteiger partial charge is 0.0411 e. The summed E-state index contributed by atoms with van der Waals surface area (Å²) in [6.07, 6.45) is 0.444. The molecule has 0 aliphatic rings. The molecule has 0 aliphatic carbocycles. The van der Waals surface area contributed by atoms with Crippen molar-refractivity contribution in [3.05, 3.63) is 0 Å². The molecule has 0 aromatic rings. The third-order valence-electron chi connectivity index (χ3n) is 1.15. The predicted molar refractivity (Wildman–Crippen MR) is 61.2 cm³/mol. The second-order valence-corrected chi connectivity index (χ2v) is 2.90. The quantitative estimate of drug-likeness (QED) is 0.399.